The molecule has 1 N–H and O–H groups in total. The fourth-order valence-corrected chi connectivity index (χ4v) is 1.71. The van der Waals surface area contributed by atoms with Gasteiger partial charge in [0.05, 0.1) is 0 Å². The molecule has 0 spiro atoms. The number of hydrogen-bond acceptors (Lipinski definition) is 4. The molecular weight excluding hydrogens is 234 g/mol. The zero-order valence-corrected chi connectivity index (χ0v) is 10.1. The molecule has 0 amide bonds. The molecule has 0 saturated carbocycles. The average Bonchev–Trinajstić information content (AvgIpc) is 2.73. The zero-order valence-electron chi connectivity index (χ0n) is 10.1. The Morgan fingerprint density at radius 3 is 2.61 bits per heavy atom. The quantitative estimate of drug-likeness (QED) is 0.898. The molecule has 1 heterocycles. The number of benzene rings is 1. The second-order valence-corrected chi connectivity index (χ2v) is 4.04. The van der Waals surface area contributed by atoms with Gasteiger partial charge in [-0.2, -0.15) is 0 Å². The van der Waals surface area contributed by atoms with E-state index in [-0.39, 0.29) is 18.1 Å². The van der Waals surface area contributed by atoms with Gasteiger partial charge in [-0.05, 0) is 37.1 Å². The van der Waals surface area contributed by atoms with Crippen LogP contribution in [-0.4, -0.2) is 16.1 Å². The summed E-state index contributed by atoms with van der Waals surface area (Å²) in [5, 5.41) is 8.86. The maximum Gasteiger partial charge on any atom is 0.358 e. The van der Waals surface area contributed by atoms with Crippen molar-refractivity contribution in [2.75, 3.05) is 0 Å². The Kier molecular flexibility index (Phi) is 3.32. The van der Waals surface area contributed by atoms with Crippen molar-refractivity contribution < 1.29 is 19.1 Å². The number of rotatable bonds is 4. The smallest absolute Gasteiger partial charge is 0.358 e. The molecule has 0 unspecified atom stereocenters. The number of aromatic nitrogens is 1. The lowest BCUT2D eigenvalue weighted by Crippen LogP contribution is -2.04. The Labute approximate surface area is 104 Å². The van der Waals surface area contributed by atoms with Gasteiger partial charge < -0.3 is 14.3 Å². The van der Waals surface area contributed by atoms with Gasteiger partial charge in [0.25, 0.3) is 0 Å². The highest BCUT2D eigenvalue weighted by Crippen LogP contribution is 2.18. The molecule has 2 rings (SSSR count). The fraction of sp³-hybridized carbons (Fsp3) is 0.231. The Bertz CT molecular complexity index is 554. The number of carbonyl (C=O) groups is 1. The lowest BCUT2D eigenvalue weighted by molar-refractivity contribution is 0.0686. The first kappa shape index (κ1) is 12.2. The van der Waals surface area contributed by atoms with Gasteiger partial charge in [-0.1, -0.05) is 6.07 Å². The van der Waals surface area contributed by atoms with Gasteiger partial charge in [-0.25, -0.2) is 9.78 Å². The normalized spacial score (nSPS) is 10.3. The summed E-state index contributed by atoms with van der Waals surface area (Å²) >= 11 is 0. The Balaban J connectivity index is 2.11. The van der Waals surface area contributed by atoms with Gasteiger partial charge in [0.15, 0.2) is 17.8 Å². The molecule has 0 atom stereocenters. The van der Waals surface area contributed by atoms with Gasteiger partial charge in [-0.3, -0.25) is 0 Å². The molecule has 1 aromatic carbocycles. The van der Waals surface area contributed by atoms with Crippen LogP contribution in [0.1, 0.15) is 27.4 Å². The van der Waals surface area contributed by atoms with Crippen molar-refractivity contribution >= 4 is 5.97 Å². The van der Waals surface area contributed by atoms with Crippen molar-refractivity contribution in [1.29, 1.82) is 0 Å². The van der Waals surface area contributed by atoms with Crippen LogP contribution in [0.2, 0.25) is 0 Å². The summed E-state index contributed by atoms with van der Waals surface area (Å²) in [6.45, 7) is 3.98. The molecule has 0 aliphatic heterocycles. The van der Waals surface area contributed by atoms with Crippen LogP contribution >= 0.6 is 0 Å². The number of oxazole rings is 1. The van der Waals surface area contributed by atoms with E-state index in [0.29, 0.717) is 5.75 Å². The topological polar surface area (TPSA) is 72.6 Å². The van der Waals surface area contributed by atoms with Crippen LogP contribution in [0.15, 0.2) is 29.0 Å². The Morgan fingerprint density at radius 1 is 1.33 bits per heavy atom. The molecule has 5 nitrogen and oxygen atoms in total. The third-order valence-electron chi connectivity index (χ3n) is 2.41. The van der Waals surface area contributed by atoms with E-state index >= 15 is 0 Å². The molecule has 0 aliphatic rings. The average molecular weight is 247 g/mol. The molecule has 0 bridgehead atoms. The summed E-state index contributed by atoms with van der Waals surface area (Å²) < 4.78 is 10.5. The van der Waals surface area contributed by atoms with Crippen LogP contribution in [0, 0.1) is 13.8 Å². The van der Waals surface area contributed by atoms with Crippen LogP contribution in [0.4, 0.5) is 0 Å². The largest absolute Gasteiger partial charge is 0.486 e. The number of aromatic carboxylic acids is 1. The van der Waals surface area contributed by atoms with Crippen LogP contribution in [0.3, 0.4) is 0 Å². The number of aryl methyl sites for hydroxylation is 2. The first-order valence-electron chi connectivity index (χ1n) is 5.43. The number of ether oxygens (including phenoxy) is 1. The van der Waals surface area contributed by atoms with E-state index in [4.69, 9.17) is 14.3 Å². The van der Waals surface area contributed by atoms with Crippen LogP contribution in [0.25, 0.3) is 0 Å². The van der Waals surface area contributed by atoms with Crippen LogP contribution in [0.5, 0.6) is 5.75 Å². The lowest BCUT2D eigenvalue weighted by atomic mass is 10.1. The summed E-state index contributed by atoms with van der Waals surface area (Å²) in [6.07, 6.45) is 1.10. The van der Waals surface area contributed by atoms with Crippen molar-refractivity contribution in [3.05, 3.63) is 47.2 Å². The summed E-state index contributed by atoms with van der Waals surface area (Å²) in [5.41, 5.74) is 2.06. The third kappa shape index (κ3) is 2.68. The summed E-state index contributed by atoms with van der Waals surface area (Å²) in [6, 6.07) is 5.79. The Morgan fingerprint density at radius 2 is 2.00 bits per heavy atom. The highest BCUT2D eigenvalue weighted by atomic mass is 16.5. The first-order chi connectivity index (χ1) is 8.56. The third-order valence-corrected chi connectivity index (χ3v) is 2.41. The second-order valence-electron chi connectivity index (χ2n) is 4.04. The molecule has 1 aromatic heterocycles. The number of carboxylic acid groups (broad SMARTS) is 1. The van der Waals surface area contributed by atoms with Crippen molar-refractivity contribution in [2.24, 2.45) is 0 Å². The van der Waals surface area contributed by atoms with Crippen LogP contribution in [-0.2, 0) is 6.61 Å². The minimum Gasteiger partial charge on any atom is -0.486 e. The molecule has 0 radical (unpaired) electrons. The summed E-state index contributed by atoms with van der Waals surface area (Å²) in [4.78, 5) is 14.4. The predicted molar refractivity (Wildman–Crippen MR) is 63.7 cm³/mol. The molecule has 5 heteroatoms. The summed E-state index contributed by atoms with van der Waals surface area (Å²) in [5.74, 6) is -0.232. The van der Waals surface area contributed by atoms with E-state index in [9.17, 15) is 4.79 Å². The molecule has 0 aliphatic carbocycles. The highest BCUT2D eigenvalue weighted by Gasteiger charge is 2.15. The minimum absolute atomic E-state index is 0.0462. The molecule has 18 heavy (non-hydrogen) atoms. The monoisotopic (exact) mass is 247 g/mol. The Hall–Kier alpha value is -2.30. The fourth-order valence-electron chi connectivity index (χ4n) is 1.71. The van der Waals surface area contributed by atoms with E-state index in [1.54, 1.807) is 0 Å². The van der Waals surface area contributed by atoms with Crippen molar-refractivity contribution in [3.8, 4) is 5.75 Å². The van der Waals surface area contributed by atoms with Gasteiger partial charge in [0.2, 0.25) is 0 Å². The SMILES string of the molecule is Cc1cc(C)cc(OCc2ocnc2C(=O)O)c1. The van der Waals surface area contributed by atoms with E-state index < -0.39 is 5.97 Å². The van der Waals surface area contributed by atoms with E-state index in [1.165, 1.54) is 0 Å². The second kappa shape index (κ2) is 4.91. The zero-order chi connectivity index (χ0) is 13.1. The van der Waals surface area contributed by atoms with E-state index in [0.717, 1.165) is 17.5 Å². The summed E-state index contributed by atoms with van der Waals surface area (Å²) in [7, 11) is 0. The standard InChI is InChI=1S/C13H13NO4/c1-8-3-9(2)5-10(4-8)17-6-11-12(13(15)16)14-7-18-11/h3-5,7H,6H2,1-2H3,(H,15,16). The van der Waals surface area contributed by atoms with Crippen molar-refractivity contribution in [2.45, 2.75) is 20.5 Å². The highest BCUT2D eigenvalue weighted by molar-refractivity contribution is 5.86. The molecule has 0 saturated heterocycles. The predicted octanol–water partition coefficient (Wildman–Crippen LogP) is 2.57. The molecule has 94 valence electrons. The molecule has 0 fully saturated rings. The van der Waals surface area contributed by atoms with Crippen molar-refractivity contribution in [3.63, 3.8) is 0 Å². The number of nitrogens with zero attached hydrogens (tertiary/aromatic N) is 1. The van der Waals surface area contributed by atoms with Crippen LogP contribution < -0.4 is 4.74 Å². The minimum atomic E-state index is -1.12. The number of carboxylic acids is 1. The maximum absolute atomic E-state index is 10.8. The molecule has 2 aromatic rings. The molecular formula is C13H13NO4. The van der Waals surface area contributed by atoms with Gasteiger partial charge in [-0.15, -0.1) is 0 Å². The van der Waals surface area contributed by atoms with Crippen molar-refractivity contribution in [1.82, 2.24) is 4.98 Å². The van der Waals surface area contributed by atoms with E-state index in [2.05, 4.69) is 4.98 Å². The first-order valence-corrected chi connectivity index (χ1v) is 5.43. The maximum atomic E-state index is 10.8. The van der Waals surface area contributed by atoms with E-state index in [1.807, 2.05) is 32.0 Å². The van der Waals surface area contributed by atoms with Gasteiger partial charge in [0, 0.05) is 0 Å². The van der Waals surface area contributed by atoms with Gasteiger partial charge >= 0.3 is 5.97 Å². The number of hydrogen-bond donors (Lipinski definition) is 1. The lowest BCUT2D eigenvalue weighted by Gasteiger charge is -2.06. The van der Waals surface area contributed by atoms with Gasteiger partial charge in [0.1, 0.15) is 12.4 Å².